The number of aromatic amines is 1. The molecule has 11 heteroatoms. The normalized spacial score (nSPS) is 16.2. The lowest BCUT2D eigenvalue weighted by Crippen LogP contribution is -2.50. The first-order valence-electron chi connectivity index (χ1n) is 11.5. The highest BCUT2D eigenvalue weighted by molar-refractivity contribution is 5.86. The molecule has 1 aliphatic rings. The number of imidazole rings is 1. The van der Waals surface area contributed by atoms with Crippen molar-refractivity contribution in [2.24, 2.45) is 5.92 Å². The van der Waals surface area contributed by atoms with Gasteiger partial charge < -0.3 is 20.3 Å². The van der Waals surface area contributed by atoms with Crippen molar-refractivity contribution in [1.82, 2.24) is 20.2 Å². The van der Waals surface area contributed by atoms with Gasteiger partial charge in [0.15, 0.2) is 0 Å². The van der Waals surface area contributed by atoms with Crippen LogP contribution in [0.25, 0.3) is 22.4 Å². The van der Waals surface area contributed by atoms with E-state index in [1.807, 2.05) is 0 Å². The van der Waals surface area contributed by atoms with E-state index in [1.54, 1.807) is 43.1 Å². The number of nitro groups is 1. The molecule has 0 saturated carbocycles. The minimum Gasteiger partial charge on any atom is -0.465 e. The van der Waals surface area contributed by atoms with Gasteiger partial charge in [-0.2, -0.15) is 0 Å². The summed E-state index contributed by atoms with van der Waals surface area (Å²) in [6.45, 7) is 4.03. The number of H-pyrrole nitrogens is 1. The molecule has 2 aromatic carbocycles. The second kappa shape index (κ2) is 10.1. The summed E-state index contributed by atoms with van der Waals surface area (Å²) in [7, 11) is 0. The van der Waals surface area contributed by atoms with E-state index in [1.165, 1.54) is 24.3 Å². The number of hydrogen-bond donors (Lipinski definition) is 3. The molecule has 188 valence electrons. The van der Waals surface area contributed by atoms with E-state index in [4.69, 9.17) is 5.11 Å². The Morgan fingerprint density at radius 1 is 1.25 bits per heavy atom. The molecule has 2 atom stereocenters. The standard InChI is InChI=1S/C25H26FN5O5/c1-14(2)22(29-25(33)34)24(32)30-10-4-7-21(30)23-27-13-19(28-23)16-8-9-20(31(35)36)18(12-16)15-5-3-6-17(26)11-15/h3,5-6,8-9,11-14,21-22,29H,4,7,10H2,1-2H3,(H,27,28)(H,33,34)/t21-,22-/m0/s1. The third-order valence-electron chi connectivity index (χ3n) is 6.30. The number of amides is 2. The molecule has 3 aromatic rings. The van der Waals surface area contributed by atoms with Crippen LogP contribution in [0.1, 0.15) is 38.6 Å². The fourth-order valence-electron chi connectivity index (χ4n) is 4.54. The fourth-order valence-corrected chi connectivity index (χ4v) is 4.54. The van der Waals surface area contributed by atoms with Crippen LogP contribution in [-0.2, 0) is 4.79 Å². The Morgan fingerprint density at radius 3 is 2.69 bits per heavy atom. The zero-order chi connectivity index (χ0) is 26.0. The van der Waals surface area contributed by atoms with Crippen LogP contribution in [0.2, 0.25) is 0 Å². The average Bonchev–Trinajstić information content (AvgIpc) is 3.51. The van der Waals surface area contributed by atoms with Crippen molar-refractivity contribution in [3.63, 3.8) is 0 Å². The van der Waals surface area contributed by atoms with E-state index in [9.17, 15) is 24.1 Å². The SMILES string of the molecule is CC(C)[C@H](NC(=O)O)C(=O)N1CCC[C@H]1c1ncc(-c2ccc([N+](=O)[O-])c(-c3cccc(F)c3)c2)[nH]1. The number of carbonyl (C=O) groups excluding carboxylic acids is 1. The fraction of sp³-hybridized carbons (Fsp3) is 0.320. The Hall–Kier alpha value is -4.28. The van der Waals surface area contributed by atoms with Crippen LogP contribution < -0.4 is 5.32 Å². The minimum atomic E-state index is -1.26. The molecule has 0 spiro atoms. The van der Waals surface area contributed by atoms with Gasteiger partial charge in [0.25, 0.3) is 5.69 Å². The molecule has 2 heterocycles. The van der Waals surface area contributed by atoms with Crippen LogP contribution in [-0.4, -0.2) is 49.5 Å². The van der Waals surface area contributed by atoms with Gasteiger partial charge in [-0.1, -0.05) is 26.0 Å². The molecule has 2 amide bonds. The number of carbonyl (C=O) groups is 2. The summed E-state index contributed by atoms with van der Waals surface area (Å²) < 4.78 is 13.8. The van der Waals surface area contributed by atoms with Crippen molar-refractivity contribution >= 4 is 17.7 Å². The molecule has 0 unspecified atom stereocenters. The second-order valence-corrected chi connectivity index (χ2v) is 9.04. The van der Waals surface area contributed by atoms with E-state index in [-0.39, 0.29) is 29.1 Å². The molecular weight excluding hydrogens is 469 g/mol. The molecule has 1 aromatic heterocycles. The van der Waals surface area contributed by atoms with Gasteiger partial charge in [0.05, 0.1) is 28.4 Å². The maximum Gasteiger partial charge on any atom is 0.405 e. The molecule has 1 saturated heterocycles. The lowest BCUT2D eigenvalue weighted by molar-refractivity contribution is -0.384. The Labute approximate surface area is 206 Å². The molecule has 0 aliphatic carbocycles. The quantitative estimate of drug-likeness (QED) is 0.319. The van der Waals surface area contributed by atoms with Crippen LogP contribution in [0.15, 0.2) is 48.7 Å². The molecule has 3 N–H and O–H groups in total. The number of halogens is 1. The van der Waals surface area contributed by atoms with Crippen molar-refractivity contribution in [1.29, 1.82) is 0 Å². The molecular formula is C25H26FN5O5. The molecule has 1 aliphatic heterocycles. The summed E-state index contributed by atoms with van der Waals surface area (Å²) in [5.41, 5.74) is 1.69. The lowest BCUT2D eigenvalue weighted by Gasteiger charge is -2.29. The van der Waals surface area contributed by atoms with Gasteiger partial charge in [0, 0.05) is 18.2 Å². The number of aromatic nitrogens is 2. The van der Waals surface area contributed by atoms with Crippen molar-refractivity contribution in [3.05, 3.63) is 70.4 Å². The number of hydrogen-bond acceptors (Lipinski definition) is 5. The van der Waals surface area contributed by atoms with E-state index in [0.29, 0.717) is 35.6 Å². The Morgan fingerprint density at radius 2 is 2.03 bits per heavy atom. The molecule has 36 heavy (non-hydrogen) atoms. The van der Waals surface area contributed by atoms with Crippen LogP contribution in [0, 0.1) is 21.8 Å². The second-order valence-electron chi connectivity index (χ2n) is 9.04. The van der Waals surface area contributed by atoms with Crippen molar-refractivity contribution in [2.45, 2.75) is 38.8 Å². The number of nitro benzene ring substituents is 1. The topological polar surface area (TPSA) is 141 Å². The minimum absolute atomic E-state index is 0.151. The van der Waals surface area contributed by atoms with Gasteiger partial charge in [-0.25, -0.2) is 14.2 Å². The third-order valence-corrected chi connectivity index (χ3v) is 6.30. The maximum absolute atomic E-state index is 13.8. The number of rotatable bonds is 7. The third kappa shape index (κ3) is 5.04. The van der Waals surface area contributed by atoms with Crippen LogP contribution >= 0.6 is 0 Å². The molecule has 0 bridgehead atoms. The number of benzene rings is 2. The van der Waals surface area contributed by atoms with Crippen LogP contribution in [0.5, 0.6) is 0 Å². The van der Waals surface area contributed by atoms with E-state index in [2.05, 4.69) is 15.3 Å². The lowest BCUT2D eigenvalue weighted by atomic mass is 10.00. The van der Waals surface area contributed by atoms with Gasteiger partial charge in [-0.15, -0.1) is 0 Å². The highest BCUT2D eigenvalue weighted by atomic mass is 19.1. The van der Waals surface area contributed by atoms with Gasteiger partial charge in [-0.05, 0) is 48.6 Å². The number of nitrogens with one attached hydrogen (secondary N) is 2. The zero-order valence-corrected chi connectivity index (χ0v) is 19.8. The summed E-state index contributed by atoms with van der Waals surface area (Å²) in [4.78, 5) is 44.8. The van der Waals surface area contributed by atoms with Gasteiger partial charge in [-0.3, -0.25) is 14.9 Å². The monoisotopic (exact) mass is 495 g/mol. The van der Waals surface area contributed by atoms with Gasteiger partial charge >= 0.3 is 6.09 Å². The van der Waals surface area contributed by atoms with Crippen molar-refractivity contribution in [2.75, 3.05) is 6.54 Å². The van der Waals surface area contributed by atoms with Crippen LogP contribution in [0.4, 0.5) is 14.9 Å². The van der Waals surface area contributed by atoms with Crippen LogP contribution in [0.3, 0.4) is 0 Å². The van der Waals surface area contributed by atoms with Crippen molar-refractivity contribution in [3.8, 4) is 22.4 Å². The van der Waals surface area contributed by atoms with Crippen molar-refractivity contribution < 1.29 is 24.0 Å². The molecule has 4 rings (SSSR count). The maximum atomic E-state index is 13.8. The zero-order valence-electron chi connectivity index (χ0n) is 19.8. The van der Waals surface area contributed by atoms with Gasteiger partial charge in [0.2, 0.25) is 5.91 Å². The average molecular weight is 496 g/mol. The Balaban J connectivity index is 1.64. The Bertz CT molecular complexity index is 1310. The highest BCUT2D eigenvalue weighted by Crippen LogP contribution is 2.36. The summed E-state index contributed by atoms with van der Waals surface area (Å²) in [5.74, 6) is -0.501. The first-order valence-corrected chi connectivity index (χ1v) is 11.5. The van der Waals surface area contributed by atoms with E-state index in [0.717, 1.165) is 6.42 Å². The highest BCUT2D eigenvalue weighted by Gasteiger charge is 2.37. The van der Waals surface area contributed by atoms with E-state index >= 15 is 0 Å². The van der Waals surface area contributed by atoms with E-state index < -0.39 is 22.9 Å². The summed E-state index contributed by atoms with van der Waals surface area (Å²) >= 11 is 0. The molecule has 1 fully saturated rings. The summed E-state index contributed by atoms with van der Waals surface area (Å²) in [6, 6.07) is 8.93. The summed E-state index contributed by atoms with van der Waals surface area (Å²) in [6.07, 6.45) is 1.73. The number of carboxylic acid groups (broad SMARTS) is 1. The molecule has 10 nitrogen and oxygen atoms in total. The largest absolute Gasteiger partial charge is 0.465 e. The smallest absolute Gasteiger partial charge is 0.405 e. The predicted molar refractivity (Wildman–Crippen MR) is 130 cm³/mol. The first kappa shape index (κ1) is 24.8. The molecule has 0 radical (unpaired) electrons. The number of likely N-dealkylation sites (tertiary alicyclic amines) is 1. The predicted octanol–water partition coefficient (Wildman–Crippen LogP) is 4.75. The number of nitrogens with zero attached hydrogens (tertiary/aromatic N) is 3. The first-order chi connectivity index (χ1) is 17.2. The van der Waals surface area contributed by atoms with Gasteiger partial charge in [0.1, 0.15) is 17.7 Å². The Kier molecular flexibility index (Phi) is 7.00. The summed E-state index contributed by atoms with van der Waals surface area (Å²) in [5, 5.41) is 23.0.